The average molecular weight is 376 g/mol. The summed E-state index contributed by atoms with van der Waals surface area (Å²) in [6, 6.07) is 1.51. The van der Waals surface area contributed by atoms with E-state index in [2.05, 4.69) is 15.3 Å². The molecule has 0 saturated heterocycles. The van der Waals surface area contributed by atoms with Crippen LogP contribution in [-0.2, 0) is 11.3 Å². The van der Waals surface area contributed by atoms with Crippen molar-refractivity contribution in [3.05, 3.63) is 38.2 Å². The van der Waals surface area contributed by atoms with Crippen molar-refractivity contribution in [1.82, 2.24) is 19.9 Å². The Hall–Kier alpha value is -2.97. The Morgan fingerprint density at radius 3 is 2.48 bits per heavy atom. The number of hydrogen-bond donors (Lipinski definition) is 3. The van der Waals surface area contributed by atoms with Crippen molar-refractivity contribution in [2.75, 3.05) is 6.54 Å². The number of carbonyl (C=O) groups excluding carboxylic acids is 1. The number of aryl methyl sites for hydroxylation is 1. The van der Waals surface area contributed by atoms with Gasteiger partial charge in [0.2, 0.25) is 0 Å². The summed E-state index contributed by atoms with van der Waals surface area (Å²) in [5, 5.41) is 11.8. The molecule has 0 saturated carbocycles. The summed E-state index contributed by atoms with van der Waals surface area (Å²) >= 11 is 0. The van der Waals surface area contributed by atoms with E-state index in [9.17, 15) is 24.3 Å². The van der Waals surface area contributed by atoms with E-state index in [1.54, 1.807) is 6.92 Å². The van der Waals surface area contributed by atoms with E-state index < -0.39 is 28.5 Å². The van der Waals surface area contributed by atoms with Crippen LogP contribution in [0.1, 0.15) is 56.6 Å². The molecule has 2 aromatic rings. The van der Waals surface area contributed by atoms with Gasteiger partial charge in [-0.25, -0.2) is 9.78 Å². The molecule has 0 bridgehead atoms. The molecule has 3 N–H and O–H groups in total. The number of nitrogens with one attached hydrogen (secondary N) is 2. The maximum Gasteiger partial charge on any atom is 0.329 e. The summed E-state index contributed by atoms with van der Waals surface area (Å²) in [6.07, 6.45) is 0. The third-order valence-corrected chi connectivity index (χ3v) is 4.39. The van der Waals surface area contributed by atoms with Crippen molar-refractivity contribution in [3.63, 3.8) is 0 Å². The minimum absolute atomic E-state index is 0.00600. The Kier molecular flexibility index (Phi) is 5.53. The van der Waals surface area contributed by atoms with Crippen LogP contribution in [0.15, 0.2) is 15.7 Å². The molecule has 1 amide bonds. The van der Waals surface area contributed by atoms with Gasteiger partial charge in [0.25, 0.3) is 11.5 Å². The fourth-order valence-corrected chi connectivity index (χ4v) is 2.53. The van der Waals surface area contributed by atoms with Gasteiger partial charge in [0.15, 0.2) is 5.65 Å². The molecule has 146 valence electrons. The Morgan fingerprint density at radius 1 is 1.33 bits per heavy atom. The molecule has 0 aliphatic carbocycles. The smallest absolute Gasteiger partial charge is 0.329 e. The van der Waals surface area contributed by atoms with Gasteiger partial charge in [0, 0.05) is 18.8 Å². The highest BCUT2D eigenvalue weighted by Gasteiger charge is 2.28. The van der Waals surface area contributed by atoms with Crippen LogP contribution in [-0.4, -0.2) is 38.1 Å². The first-order chi connectivity index (χ1) is 12.5. The zero-order valence-electron chi connectivity index (χ0n) is 16.0. The lowest BCUT2D eigenvalue weighted by Crippen LogP contribution is -2.39. The van der Waals surface area contributed by atoms with Crippen molar-refractivity contribution in [2.45, 2.75) is 47.1 Å². The zero-order valence-corrected chi connectivity index (χ0v) is 16.0. The number of nitrogens with zero attached hydrogens (tertiary/aromatic N) is 2. The molecular formula is C18H24N4O5. The third kappa shape index (κ3) is 3.91. The molecule has 27 heavy (non-hydrogen) atoms. The first-order valence-electron chi connectivity index (χ1n) is 8.69. The number of rotatable bonds is 6. The standard InChI is InChI=1S/C18H24N4O5/c1-6-22-13-12(15(24)21-17(22)27)10(7-11(20-13)9(2)3)14(23)19-8-18(4,5)16(25)26/h7,9H,6,8H2,1-5H3,(H,19,23)(H,25,26)(H,21,24,27). The summed E-state index contributed by atoms with van der Waals surface area (Å²) in [5.74, 6) is -1.69. The number of amides is 1. The van der Waals surface area contributed by atoms with Crippen LogP contribution in [0.4, 0.5) is 0 Å². The number of aliphatic carboxylic acids is 1. The van der Waals surface area contributed by atoms with Gasteiger partial charge in [-0.05, 0) is 32.8 Å². The number of fused-ring (bicyclic) bond motifs is 1. The number of hydrogen-bond acceptors (Lipinski definition) is 5. The van der Waals surface area contributed by atoms with E-state index in [1.807, 2.05) is 13.8 Å². The summed E-state index contributed by atoms with van der Waals surface area (Å²) in [4.78, 5) is 55.1. The summed E-state index contributed by atoms with van der Waals surface area (Å²) < 4.78 is 1.29. The SMILES string of the molecule is CCn1c(=O)[nH]c(=O)c2c(C(=O)NCC(C)(C)C(=O)O)cc(C(C)C)nc21. The molecule has 0 radical (unpaired) electrons. The van der Waals surface area contributed by atoms with Crippen molar-refractivity contribution < 1.29 is 14.7 Å². The lowest BCUT2D eigenvalue weighted by molar-refractivity contribution is -0.146. The molecule has 2 rings (SSSR count). The second-order valence-corrected chi connectivity index (χ2v) is 7.32. The molecule has 0 aliphatic heterocycles. The van der Waals surface area contributed by atoms with Gasteiger partial charge in [-0.1, -0.05) is 13.8 Å². The maximum atomic E-state index is 12.8. The number of carbonyl (C=O) groups is 2. The molecule has 0 aromatic carbocycles. The number of H-pyrrole nitrogens is 1. The van der Waals surface area contributed by atoms with Crippen LogP contribution in [0.3, 0.4) is 0 Å². The van der Waals surface area contributed by atoms with Crippen molar-refractivity contribution in [3.8, 4) is 0 Å². The number of carboxylic acids is 1. The van der Waals surface area contributed by atoms with Gasteiger partial charge >= 0.3 is 11.7 Å². The van der Waals surface area contributed by atoms with Gasteiger partial charge in [0.1, 0.15) is 0 Å². The van der Waals surface area contributed by atoms with Crippen molar-refractivity contribution in [2.24, 2.45) is 5.41 Å². The van der Waals surface area contributed by atoms with Gasteiger partial charge in [-0.15, -0.1) is 0 Å². The van der Waals surface area contributed by atoms with E-state index in [-0.39, 0.29) is 35.6 Å². The molecular weight excluding hydrogens is 352 g/mol. The van der Waals surface area contributed by atoms with E-state index >= 15 is 0 Å². The van der Waals surface area contributed by atoms with Crippen LogP contribution in [0.25, 0.3) is 11.0 Å². The normalized spacial score (nSPS) is 11.8. The Balaban J connectivity index is 2.68. The lowest BCUT2D eigenvalue weighted by Gasteiger charge is -2.20. The quantitative estimate of drug-likeness (QED) is 0.690. The highest BCUT2D eigenvalue weighted by molar-refractivity contribution is 6.05. The van der Waals surface area contributed by atoms with E-state index in [4.69, 9.17) is 0 Å². The summed E-state index contributed by atoms with van der Waals surface area (Å²) in [6.45, 7) is 8.62. The molecule has 0 spiro atoms. The van der Waals surface area contributed by atoms with Crippen molar-refractivity contribution >= 4 is 22.9 Å². The highest BCUT2D eigenvalue weighted by atomic mass is 16.4. The first kappa shape index (κ1) is 20.3. The number of pyridine rings is 1. The molecule has 0 unspecified atom stereocenters. The van der Waals surface area contributed by atoms with Gasteiger partial charge in [0.05, 0.1) is 16.4 Å². The Labute approximate surface area is 155 Å². The predicted octanol–water partition coefficient (Wildman–Crippen LogP) is 1.07. The first-order valence-corrected chi connectivity index (χ1v) is 8.69. The Morgan fingerprint density at radius 2 is 1.96 bits per heavy atom. The van der Waals surface area contributed by atoms with Crippen LogP contribution >= 0.6 is 0 Å². The van der Waals surface area contributed by atoms with E-state index in [1.165, 1.54) is 24.5 Å². The molecule has 2 heterocycles. The minimum Gasteiger partial charge on any atom is -0.481 e. The summed E-state index contributed by atoms with van der Waals surface area (Å²) in [5.41, 5.74) is -1.71. The molecule has 0 aliphatic rings. The van der Waals surface area contributed by atoms with E-state index in [0.29, 0.717) is 5.69 Å². The predicted molar refractivity (Wildman–Crippen MR) is 100 cm³/mol. The maximum absolute atomic E-state index is 12.8. The van der Waals surface area contributed by atoms with Crippen LogP contribution in [0.5, 0.6) is 0 Å². The zero-order chi connectivity index (χ0) is 20.5. The molecule has 0 atom stereocenters. The minimum atomic E-state index is -1.17. The number of aromatic nitrogens is 3. The Bertz CT molecular complexity index is 1020. The second-order valence-electron chi connectivity index (χ2n) is 7.32. The average Bonchev–Trinajstić information content (AvgIpc) is 2.58. The third-order valence-electron chi connectivity index (χ3n) is 4.39. The fraction of sp³-hybridized carbons (Fsp3) is 0.500. The van der Waals surface area contributed by atoms with E-state index in [0.717, 1.165) is 0 Å². The van der Waals surface area contributed by atoms with Crippen LogP contribution < -0.4 is 16.6 Å². The molecule has 9 nitrogen and oxygen atoms in total. The second kappa shape index (κ2) is 7.34. The van der Waals surface area contributed by atoms with Crippen LogP contribution in [0, 0.1) is 5.41 Å². The number of carboxylic acid groups (broad SMARTS) is 1. The fourth-order valence-electron chi connectivity index (χ4n) is 2.53. The molecule has 2 aromatic heterocycles. The van der Waals surface area contributed by atoms with Crippen molar-refractivity contribution in [1.29, 1.82) is 0 Å². The largest absolute Gasteiger partial charge is 0.481 e. The highest BCUT2D eigenvalue weighted by Crippen LogP contribution is 2.20. The molecule has 0 fully saturated rings. The summed E-state index contributed by atoms with van der Waals surface area (Å²) in [7, 11) is 0. The number of aromatic amines is 1. The molecule has 9 heteroatoms. The van der Waals surface area contributed by atoms with Gasteiger partial charge in [-0.2, -0.15) is 0 Å². The monoisotopic (exact) mass is 376 g/mol. The van der Waals surface area contributed by atoms with Crippen LogP contribution in [0.2, 0.25) is 0 Å². The topological polar surface area (TPSA) is 134 Å². The lowest BCUT2D eigenvalue weighted by atomic mass is 9.93. The van der Waals surface area contributed by atoms with Gasteiger partial charge < -0.3 is 10.4 Å². The van der Waals surface area contributed by atoms with Gasteiger partial charge in [-0.3, -0.25) is 23.9 Å².